The van der Waals surface area contributed by atoms with Crippen LogP contribution < -0.4 is 5.32 Å². The van der Waals surface area contributed by atoms with Gasteiger partial charge in [0.15, 0.2) is 0 Å². The summed E-state index contributed by atoms with van der Waals surface area (Å²) in [6, 6.07) is 6.80. The number of rotatable bonds is 6. The molecule has 1 aliphatic rings. The second-order valence-electron chi connectivity index (χ2n) is 5.77. The van der Waals surface area contributed by atoms with Gasteiger partial charge in [-0.2, -0.15) is 0 Å². The minimum absolute atomic E-state index is 0. The number of halogens is 2. The van der Waals surface area contributed by atoms with E-state index in [2.05, 4.69) is 22.1 Å². The van der Waals surface area contributed by atoms with E-state index in [1.165, 1.54) is 18.6 Å². The van der Waals surface area contributed by atoms with Crippen LogP contribution in [0.5, 0.6) is 0 Å². The Kier molecular flexibility index (Phi) is 6.57. The van der Waals surface area contributed by atoms with Gasteiger partial charge in [0.1, 0.15) is 12.1 Å². The summed E-state index contributed by atoms with van der Waals surface area (Å²) in [4.78, 5) is 7.02. The van der Waals surface area contributed by atoms with Gasteiger partial charge in [-0.05, 0) is 50.2 Å². The van der Waals surface area contributed by atoms with Crippen LogP contribution in [-0.4, -0.2) is 35.6 Å². The molecule has 1 aromatic carbocycles. The molecule has 1 N–H and O–H groups in total. The van der Waals surface area contributed by atoms with Crippen LogP contribution in [0.15, 0.2) is 34.9 Å². The van der Waals surface area contributed by atoms with Crippen LogP contribution in [0.1, 0.15) is 25.5 Å². The molecule has 0 aliphatic carbocycles. The Labute approximate surface area is 142 Å². The smallest absolute Gasteiger partial charge is 0.226 e. The molecule has 1 unspecified atom stereocenters. The van der Waals surface area contributed by atoms with E-state index in [1.54, 1.807) is 18.4 Å². The molecule has 1 aliphatic heterocycles. The van der Waals surface area contributed by atoms with Crippen LogP contribution >= 0.6 is 12.4 Å². The lowest BCUT2D eigenvalue weighted by Crippen LogP contribution is -2.37. The molecule has 6 heteroatoms. The van der Waals surface area contributed by atoms with E-state index in [9.17, 15) is 4.39 Å². The van der Waals surface area contributed by atoms with Crippen molar-refractivity contribution in [2.75, 3.05) is 19.6 Å². The molecule has 0 spiro atoms. The van der Waals surface area contributed by atoms with Crippen molar-refractivity contribution in [1.82, 2.24) is 15.2 Å². The first kappa shape index (κ1) is 17.9. The topological polar surface area (TPSA) is 41.3 Å². The quantitative estimate of drug-likeness (QED) is 0.875. The third-order valence-corrected chi connectivity index (χ3v) is 4.07. The molecule has 1 saturated heterocycles. The zero-order chi connectivity index (χ0) is 15.4. The molecule has 2 aromatic rings. The molecule has 23 heavy (non-hydrogen) atoms. The predicted octanol–water partition coefficient (Wildman–Crippen LogP) is 3.48. The molecule has 0 amide bonds. The van der Waals surface area contributed by atoms with Crippen LogP contribution in [0.2, 0.25) is 0 Å². The summed E-state index contributed by atoms with van der Waals surface area (Å²) in [5, 5.41) is 3.41. The summed E-state index contributed by atoms with van der Waals surface area (Å²) < 4.78 is 18.5. The molecule has 126 valence electrons. The van der Waals surface area contributed by atoms with E-state index >= 15 is 0 Å². The highest BCUT2D eigenvalue weighted by molar-refractivity contribution is 5.85. The Bertz CT molecular complexity index is 596. The average Bonchev–Trinajstić information content (AvgIpc) is 3.19. The van der Waals surface area contributed by atoms with Gasteiger partial charge in [-0.1, -0.05) is 6.92 Å². The minimum atomic E-state index is -0.251. The molecule has 1 atom stereocenters. The second kappa shape index (κ2) is 8.43. The predicted molar refractivity (Wildman–Crippen MR) is 91.1 cm³/mol. The molecule has 1 fully saturated rings. The number of benzene rings is 1. The number of aromatic nitrogens is 1. The highest BCUT2D eigenvalue weighted by atomic mass is 35.5. The average molecular weight is 340 g/mol. The zero-order valence-corrected chi connectivity index (χ0v) is 14.1. The van der Waals surface area contributed by atoms with E-state index in [4.69, 9.17) is 4.42 Å². The van der Waals surface area contributed by atoms with E-state index in [1.807, 2.05) is 0 Å². The maximum atomic E-state index is 13.0. The summed E-state index contributed by atoms with van der Waals surface area (Å²) in [5.74, 6) is 0.300. The normalized spacial score (nSPS) is 17.4. The van der Waals surface area contributed by atoms with Gasteiger partial charge in [0.2, 0.25) is 5.89 Å². The number of oxazole rings is 1. The highest BCUT2D eigenvalue weighted by Crippen LogP contribution is 2.20. The number of nitrogens with zero attached hydrogens (tertiary/aromatic N) is 2. The molecular weight excluding hydrogens is 317 g/mol. The van der Waals surface area contributed by atoms with Gasteiger partial charge in [-0.25, -0.2) is 9.37 Å². The molecule has 3 rings (SSSR count). The number of hydrogen-bond acceptors (Lipinski definition) is 4. The van der Waals surface area contributed by atoms with Gasteiger partial charge in [-0.3, -0.25) is 4.90 Å². The maximum absolute atomic E-state index is 13.0. The van der Waals surface area contributed by atoms with Crippen LogP contribution in [0.3, 0.4) is 0 Å². The third-order valence-electron chi connectivity index (χ3n) is 4.07. The Balaban J connectivity index is 0.00000192. The highest BCUT2D eigenvalue weighted by Gasteiger charge is 2.22. The summed E-state index contributed by atoms with van der Waals surface area (Å²) in [7, 11) is 0. The Morgan fingerprint density at radius 2 is 2.13 bits per heavy atom. The minimum Gasteiger partial charge on any atom is -0.444 e. The van der Waals surface area contributed by atoms with Gasteiger partial charge in [0, 0.05) is 24.7 Å². The summed E-state index contributed by atoms with van der Waals surface area (Å²) in [6.07, 6.45) is 4.02. The van der Waals surface area contributed by atoms with Gasteiger partial charge >= 0.3 is 0 Å². The van der Waals surface area contributed by atoms with Crippen LogP contribution in [-0.2, 0) is 6.54 Å². The Morgan fingerprint density at radius 1 is 1.35 bits per heavy atom. The van der Waals surface area contributed by atoms with Crippen molar-refractivity contribution in [3.8, 4) is 11.5 Å². The van der Waals surface area contributed by atoms with E-state index in [0.717, 1.165) is 43.9 Å². The fraction of sp³-hybridized carbons (Fsp3) is 0.471. The second-order valence-corrected chi connectivity index (χ2v) is 5.77. The molecule has 0 bridgehead atoms. The number of hydrogen-bond donors (Lipinski definition) is 1. The lowest BCUT2D eigenvalue weighted by Gasteiger charge is -2.26. The molecule has 1 aromatic heterocycles. The zero-order valence-electron chi connectivity index (χ0n) is 13.3. The number of nitrogens with one attached hydrogen (secondary N) is 1. The van der Waals surface area contributed by atoms with Crippen molar-refractivity contribution in [3.63, 3.8) is 0 Å². The first-order valence-corrected chi connectivity index (χ1v) is 7.91. The van der Waals surface area contributed by atoms with Gasteiger partial charge < -0.3 is 9.73 Å². The summed E-state index contributed by atoms with van der Waals surface area (Å²) in [6.45, 7) is 6.19. The fourth-order valence-corrected chi connectivity index (χ4v) is 2.94. The maximum Gasteiger partial charge on any atom is 0.226 e. The van der Waals surface area contributed by atoms with Crippen molar-refractivity contribution in [3.05, 3.63) is 42.0 Å². The molecule has 0 radical (unpaired) electrons. The van der Waals surface area contributed by atoms with Gasteiger partial charge in [0.05, 0.1) is 5.69 Å². The Hall–Kier alpha value is -1.43. The molecule has 2 heterocycles. The van der Waals surface area contributed by atoms with E-state index in [-0.39, 0.29) is 18.2 Å². The van der Waals surface area contributed by atoms with E-state index < -0.39 is 0 Å². The third kappa shape index (κ3) is 4.53. The summed E-state index contributed by atoms with van der Waals surface area (Å²) >= 11 is 0. The van der Waals surface area contributed by atoms with Crippen molar-refractivity contribution in [1.29, 1.82) is 0 Å². The van der Waals surface area contributed by atoms with Crippen molar-refractivity contribution in [2.24, 2.45) is 0 Å². The first-order chi connectivity index (χ1) is 10.8. The fourth-order valence-electron chi connectivity index (χ4n) is 2.94. The molecule has 4 nitrogen and oxygen atoms in total. The van der Waals surface area contributed by atoms with Crippen molar-refractivity contribution < 1.29 is 8.81 Å². The molecule has 0 saturated carbocycles. The Morgan fingerprint density at radius 3 is 2.78 bits per heavy atom. The van der Waals surface area contributed by atoms with Gasteiger partial charge in [-0.15, -0.1) is 12.4 Å². The van der Waals surface area contributed by atoms with Crippen LogP contribution in [0, 0.1) is 5.82 Å². The van der Waals surface area contributed by atoms with Crippen molar-refractivity contribution >= 4 is 12.4 Å². The van der Waals surface area contributed by atoms with Crippen LogP contribution in [0.25, 0.3) is 11.5 Å². The monoisotopic (exact) mass is 339 g/mol. The lowest BCUT2D eigenvalue weighted by molar-refractivity contribution is 0.197. The van der Waals surface area contributed by atoms with Gasteiger partial charge in [0.25, 0.3) is 0 Å². The molecular formula is C17H23ClFN3O. The summed E-state index contributed by atoms with van der Waals surface area (Å²) in [5.41, 5.74) is 1.73. The largest absolute Gasteiger partial charge is 0.444 e. The first-order valence-electron chi connectivity index (χ1n) is 7.91. The standard InChI is InChI=1S/C17H22FN3O.ClH/c1-2-9-21(16-7-8-19-10-16)11-15-12-22-17(20-15)13-3-5-14(18)6-4-13;/h3-6,12,16,19H,2,7-11H2,1H3;1H. The van der Waals surface area contributed by atoms with Crippen LogP contribution in [0.4, 0.5) is 4.39 Å². The SMILES string of the molecule is CCCN(Cc1coc(-c2ccc(F)cc2)n1)C1CCNC1.Cl. The lowest BCUT2D eigenvalue weighted by atomic mass is 10.2. The van der Waals surface area contributed by atoms with Crippen molar-refractivity contribution in [2.45, 2.75) is 32.4 Å². The van der Waals surface area contributed by atoms with E-state index in [0.29, 0.717) is 11.9 Å².